The van der Waals surface area contributed by atoms with Gasteiger partial charge in [0.15, 0.2) is 0 Å². The van der Waals surface area contributed by atoms with Gasteiger partial charge in [-0.25, -0.2) is 4.79 Å². The largest absolute Gasteiger partial charge is 0.423 e. The molecule has 1 heterocycles. The second kappa shape index (κ2) is 3.13. The number of rotatable bonds is 1. The predicted molar refractivity (Wildman–Crippen MR) is 55.4 cm³/mol. The van der Waals surface area contributed by atoms with E-state index < -0.39 is 11.5 Å². The van der Waals surface area contributed by atoms with E-state index in [2.05, 4.69) is 0 Å². The summed E-state index contributed by atoms with van der Waals surface area (Å²) in [7, 11) is 0. The Morgan fingerprint density at radius 2 is 2.00 bits per heavy atom. The molecule has 0 saturated carbocycles. The van der Waals surface area contributed by atoms with Gasteiger partial charge in [0.25, 0.3) is 0 Å². The Hall–Kier alpha value is -2.30. The Labute approximate surface area is 84.3 Å². The third-order valence-corrected chi connectivity index (χ3v) is 2.03. The average Bonchev–Trinajstić information content (AvgIpc) is 2.15. The fourth-order valence-corrected chi connectivity index (χ4v) is 1.38. The third-order valence-electron chi connectivity index (χ3n) is 2.03. The lowest BCUT2D eigenvalue weighted by molar-refractivity contribution is 0.100. The summed E-state index contributed by atoms with van der Waals surface area (Å²) < 4.78 is 4.89. The van der Waals surface area contributed by atoms with E-state index in [-0.39, 0.29) is 11.1 Å². The minimum absolute atomic E-state index is 0.140. The van der Waals surface area contributed by atoms with Gasteiger partial charge in [-0.1, -0.05) is 0 Å². The van der Waals surface area contributed by atoms with Crippen LogP contribution < -0.4 is 17.1 Å². The van der Waals surface area contributed by atoms with Gasteiger partial charge in [-0.15, -0.1) is 0 Å². The van der Waals surface area contributed by atoms with E-state index in [0.29, 0.717) is 11.1 Å². The van der Waals surface area contributed by atoms with E-state index in [9.17, 15) is 9.59 Å². The van der Waals surface area contributed by atoms with Crippen molar-refractivity contribution in [2.24, 2.45) is 5.73 Å². The van der Waals surface area contributed by atoms with E-state index in [1.807, 2.05) is 0 Å². The number of primary amides is 1. The molecule has 0 aliphatic rings. The van der Waals surface area contributed by atoms with Gasteiger partial charge in [-0.05, 0) is 12.1 Å². The summed E-state index contributed by atoms with van der Waals surface area (Å²) in [6, 6.07) is 5.74. The zero-order chi connectivity index (χ0) is 11.0. The highest BCUT2D eigenvalue weighted by atomic mass is 16.4. The number of amides is 1. The summed E-state index contributed by atoms with van der Waals surface area (Å²) in [6.07, 6.45) is 0. The van der Waals surface area contributed by atoms with Gasteiger partial charge >= 0.3 is 5.63 Å². The Kier molecular flexibility index (Phi) is 1.93. The molecule has 0 atom stereocenters. The molecule has 0 spiro atoms. The van der Waals surface area contributed by atoms with Crippen LogP contribution in [0.2, 0.25) is 0 Å². The minimum atomic E-state index is -0.669. The second-order valence-electron chi connectivity index (χ2n) is 3.10. The highest BCUT2D eigenvalue weighted by molar-refractivity contribution is 6.05. The fourth-order valence-electron chi connectivity index (χ4n) is 1.38. The number of nitrogens with two attached hydrogens (primary N) is 2. The van der Waals surface area contributed by atoms with Crippen LogP contribution in [-0.2, 0) is 0 Å². The summed E-state index contributed by atoms with van der Waals surface area (Å²) in [5.41, 5.74) is 10.9. The second-order valence-corrected chi connectivity index (χ2v) is 3.10. The predicted octanol–water partition coefficient (Wildman–Crippen LogP) is 0.474. The van der Waals surface area contributed by atoms with Gasteiger partial charge < -0.3 is 15.9 Å². The number of nitrogen functional groups attached to an aromatic ring is 1. The van der Waals surface area contributed by atoms with E-state index in [1.165, 1.54) is 6.07 Å². The van der Waals surface area contributed by atoms with Crippen molar-refractivity contribution in [3.8, 4) is 0 Å². The molecule has 0 aliphatic heterocycles. The topological polar surface area (TPSA) is 99.3 Å². The van der Waals surface area contributed by atoms with Crippen LogP contribution in [0.4, 0.5) is 5.69 Å². The van der Waals surface area contributed by atoms with Crippen molar-refractivity contribution in [2.75, 3.05) is 5.73 Å². The summed E-state index contributed by atoms with van der Waals surface area (Å²) in [4.78, 5) is 22.2. The smallest absolute Gasteiger partial charge is 0.337 e. The fraction of sp³-hybridized carbons (Fsp3) is 0. The molecule has 2 rings (SSSR count). The number of benzene rings is 1. The molecule has 0 bridgehead atoms. The highest BCUT2D eigenvalue weighted by Crippen LogP contribution is 2.19. The molecule has 0 radical (unpaired) electrons. The summed E-state index contributed by atoms with van der Waals surface area (Å²) in [5.74, 6) is -0.669. The Morgan fingerprint density at radius 1 is 1.27 bits per heavy atom. The maximum absolute atomic E-state index is 11.1. The van der Waals surface area contributed by atoms with Crippen LogP contribution in [0.3, 0.4) is 0 Å². The van der Waals surface area contributed by atoms with Gasteiger partial charge in [-0.3, -0.25) is 4.79 Å². The van der Waals surface area contributed by atoms with Crippen LogP contribution in [0.15, 0.2) is 33.5 Å². The summed E-state index contributed by atoms with van der Waals surface area (Å²) in [6.45, 7) is 0. The third kappa shape index (κ3) is 1.54. The molecular weight excluding hydrogens is 196 g/mol. The zero-order valence-corrected chi connectivity index (χ0v) is 7.69. The monoisotopic (exact) mass is 204 g/mol. The number of hydrogen-bond acceptors (Lipinski definition) is 4. The average molecular weight is 204 g/mol. The molecule has 2 aromatic rings. The lowest BCUT2D eigenvalue weighted by Gasteiger charge is -2.01. The Morgan fingerprint density at radius 3 is 2.67 bits per heavy atom. The van der Waals surface area contributed by atoms with E-state index in [4.69, 9.17) is 15.9 Å². The first-order chi connectivity index (χ1) is 7.08. The normalized spacial score (nSPS) is 10.4. The van der Waals surface area contributed by atoms with Crippen molar-refractivity contribution in [1.82, 2.24) is 0 Å². The molecule has 76 valence electrons. The SMILES string of the molecule is NC(=O)c1cc(=O)oc2cc(N)ccc12. The van der Waals surface area contributed by atoms with E-state index in [1.54, 1.807) is 12.1 Å². The number of hydrogen-bond donors (Lipinski definition) is 2. The standard InChI is InChI=1S/C10H8N2O3/c11-5-1-2-6-7(10(12)14)4-9(13)15-8(6)3-5/h1-4H,11H2,(H2,12,14). The van der Waals surface area contributed by atoms with Crippen molar-refractivity contribution < 1.29 is 9.21 Å². The van der Waals surface area contributed by atoms with Crippen LogP contribution in [0.5, 0.6) is 0 Å². The molecule has 0 fully saturated rings. The molecule has 0 unspecified atom stereocenters. The molecule has 1 aromatic heterocycles. The highest BCUT2D eigenvalue weighted by Gasteiger charge is 2.09. The summed E-state index contributed by atoms with van der Waals surface area (Å²) >= 11 is 0. The molecule has 5 nitrogen and oxygen atoms in total. The Balaban J connectivity index is 2.92. The molecule has 1 aromatic carbocycles. The van der Waals surface area contributed by atoms with Crippen molar-refractivity contribution in [3.05, 3.63) is 40.2 Å². The number of anilines is 1. The van der Waals surface area contributed by atoms with Crippen LogP contribution in [0, 0.1) is 0 Å². The first-order valence-electron chi connectivity index (χ1n) is 4.21. The summed E-state index contributed by atoms with van der Waals surface area (Å²) in [5, 5.41) is 0.483. The molecule has 0 aliphatic carbocycles. The van der Waals surface area contributed by atoms with Gasteiger partial charge in [0.05, 0.1) is 5.56 Å². The van der Waals surface area contributed by atoms with Gasteiger partial charge in [0.2, 0.25) is 5.91 Å². The number of carbonyl (C=O) groups is 1. The van der Waals surface area contributed by atoms with Crippen molar-refractivity contribution in [1.29, 1.82) is 0 Å². The van der Waals surface area contributed by atoms with Crippen molar-refractivity contribution in [2.45, 2.75) is 0 Å². The molecule has 5 heteroatoms. The number of carbonyl (C=O) groups excluding carboxylic acids is 1. The molecule has 4 N–H and O–H groups in total. The lowest BCUT2D eigenvalue weighted by atomic mass is 10.1. The maximum atomic E-state index is 11.1. The van der Waals surface area contributed by atoms with Crippen LogP contribution in [-0.4, -0.2) is 5.91 Å². The van der Waals surface area contributed by atoms with Crippen LogP contribution in [0.1, 0.15) is 10.4 Å². The Bertz CT molecular complexity index is 601. The van der Waals surface area contributed by atoms with Crippen LogP contribution in [0.25, 0.3) is 11.0 Å². The zero-order valence-electron chi connectivity index (χ0n) is 7.69. The van der Waals surface area contributed by atoms with Gasteiger partial charge in [0.1, 0.15) is 5.58 Å². The molecule has 0 saturated heterocycles. The molecule has 15 heavy (non-hydrogen) atoms. The quantitative estimate of drug-likeness (QED) is 0.521. The van der Waals surface area contributed by atoms with E-state index in [0.717, 1.165) is 6.07 Å². The number of fused-ring (bicyclic) bond motifs is 1. The lowest BCUT2D eigenvalue weighted by Crippen LogP contribution is -2.14. The molecular formula is C10H8N2O3. The maximum Gasteiger partial charge on any atom is 0.337 e. The van der Waals surface area contributed by atoms with Crippen molar-refractivity contribution >= 4 is 22.6 Å². The minimum Gasteiger partial charge on any atom is -0.423 e. The first-order valence-corrected chi connectivity index (χ1v) is 4.21. The van der Waals surface area contributed by atoms with Crippen LogP contribution >= 0.6 is 0 Å². The van der Waals surface area contributed by atoms with Gasteiger partial charge in [-0.2, -0.15) is 0 Å². The van der Waals surface area contributed by atoms with E-state index >= 15 is 0 Å². The van der Waals surface area contributed by atoms with Gasteiger partial charge in [0, 0.05) is 23.2 Å². The molecule has 1 amide bonds. The first kappa shape index (κ1) is 9.26. The van der Waals surface area contributed by atoms with Crippen molar-refractivity contribution in [3.63, 3.8) is 0 Å².